The molecule has 4 saturated carbocycles. The van der Waals surface area contributed by atoms with Crippen molar-refractivity contribution in [1.29, 1.82) is 0 Å². The van der Waals surface area contributed by atoms with Crippen molar-refractivity contribution in [2.75, 3.05) is 7.11 Å². The molecule has 0 bridgehead atoms. The fourth-order valence-electron chi connectivity index (χ4n) is 8.01. The van der Waals surface area contributed by atoms with Crippen molar-refractivity contribution in [2.24, 2.45) is 40.9 Å². The molecule has 7 atom stereocenters. The first-order chi connectivity index (χ1) is 12.1. The number of methoxy groups -OCH3 is 1. The summed E-state index contributed by atoms with van der Waals surface area (Å²) < 4.78 is 4.83. The van der Waals surface area contributed by atoms with E-state index in [1.807, 2.05) is 0 Å². The van der Waals surface area contributed by atoms with Gasteiger partial charge in [-0.1, -0.05) is 26.2 Å². The van der Waals surface area contributed by atoms with Crippen LogP contribution in [0.2, 0.25) is 0 Å². The minimum Gasteiger partial charge on any atom is -0.469 e. The van der Waals surface area contributed by atoms with Gasteiger partial charge in [-0.3, -0.25) is 4.79 Å². The molecule has 25 heavy (non-hydrogen) atoms. The molecule has 2 heteroatoms. The van der Waals surface area contributed by atoms with Gasteiger partial charge < -0.3 is 4.74 Å². The van der Waals surface area contributed by atoms with E-state index >= 15 is 0 Å². The second kappa shape index (κ2) is 7.24. The second-order valence-corrected chi connectivity index (χ2v) is 10.0. The number of hydrogen-bond donors (Lipinski definition) is 0. The number of carbonyl (C=O) groups is 1. The molecule has 4 fully saturated rings. The van der Waals surface area contributed by atoms with Gasteiger partial charge in [0.25, 0.3) is 0 Å². The van der Waals surface area contributed by atoms with Gasteiger partial charge in [0.2, 0.25) is 0 Å². The van der Waals surface area contributed by atoms with E-state index in [0.29, 0.717) is 11.8 Å². The van der Waals surface area contributed by atoms with Crippen LogP contribution in [0.25, 0.3) is 0 Å². The third-order valence-corrected chi connectivity index (χ3v) is 9.24. The first-order valence-electron chi connectivity index (χ1n) is 11.2. The Bertz CT molecular complexity index is 486. The molecule has 0 aromatic rings. The van der Waals surface area contributed by atoms with Crippen molar-refractivity contribution in [3.05, 3.63) is 0 Å². The number of hydrogen-bond acceptors (Lipinski definition) is 2. The number of esters is 1. The summed E-state index contributed by atoms with van der Waals surface area (Å²) in [6, 6.07) is 0. The van der Waals surface area contributed by atoms with Crippen LogP contribution >= 0.6 is 0 Å². The van der Waals surface area contributed by atoms with Crippen LogP contribution in [-0.2, 0) is 9.53 Å². The predicted molar refractivity (Wildman–Crippen MR) is 101 cm³/mol. The highest BCUT2D eigenvalue weighted by Gasteiger charge is 2.56. The lowest BCUT2D eigenvalue weighted by Crippen LogP contribution is -2.48. The minimum absolute atomic E-state index is 0.0287. The molecule has 0 heterocycles. The van der Waals surface area contributed by atoms with Gasteiger partial charge in [0.05, 0.1) is 7.11 Å². The van der Waals surface area contributed by atoms with Crippen LogP contribution in [0.1, 0.15) is 90.4 Å². The van der Waals surface area contributed by atoms with Crippen LogP contribution in [-0.4, -0.2) is 13.1 Å². The van der Waals surface area contributed by atoms with Gasteiger partial charge in [0.1, 0.15) is 0 Å². The molecule has 142 valence electrons. The predicted octanol–water partition coefficient (Wildman–Crippen LogP) is 5.99. The van der Waals surface area contributed by atoms with E-state index < -0.39 is 0 Å². The largest absolute Gasteiger partial charge is 0.469 e. The molecule has 4 aliphatic rings. The molecule has 4 rings (SSSR count). The van der Waals surface area contributed by atoms with Crippen molar-refractivity contribution in [3.8, 4) is 0 Å². The fraction of sp³-hybridized carbons (Fsp3) is 0.957. The Balaban J connectivity index is 1.41. The Morgan fingerprint density at radius 1 is 0.960 bits per heavy atom. The van der Waals surface area contributed by atoms with Crippen molar-refractivity contribution >= 4 is 5.97 Å². The van der Waals surface area contributed by atoms with E-state index in [2.05, 4.69) is 6.92 Å². The van der Waals surface area contributed by atoms with Gasteiger partial charge in [-0.25, -0.2) is 0 Å². The SMILES string of the molecule is COC(=O)CCCC1CCC2C3CCC4CCCCC4C3CCC12C. The zero-order valence-corrected chi connectivity index (χ0v) is 16.5. The third kappa shape index (κ3) is 3.16. The van der Waals surface area contributed by atoms with Crippen LogP contribution in [0.5, 0.6) is 0 Å². The normalized spacial score (nSPS) is 46.0. The highest BCUT2D eigenvalue weighted by Crippen LogP contribution is 2.64. The Hall–Kier alpha value is -0.530. The van der Waals surface area contributed by atoms with E-state index in [1.165, 1.54) is 77.7 Å². The molecular weight excluding hydrogens is 308 g/mol. The maximum Gasteiger partial charge on any atom is 0.305 e. The molecule has 4 aliphatic carbocycles. The molecule has 7 unspecified atom stereocenters. The van der Waals surface area contributed by atoms with Gasteiger partial charge in [-0.15, -0.1) is 0 Å². The van der Waals surface area contributed by atoms with E-state index in [4.69, 9.17) is 4.74 Å². The lowest BCUT2D eigenvalue weighted by Gasteiger charge is -2.56. The van der Waals surface area contributed by atoms with Gasteiger partial charge >= 0.3 is 5.97 Å². The number of rotatable bonds is 4. The standard InChI is InChI=1S/C23H38O2/c1-23-15-14-19-18-8-4-3-6-16(18)10-12-20(19)21(23)13-11-17(23)7-5-9-22(24)25-2/h16-21H,3-15H2,1-2H3. The summed E-state index contributed by atoms with van der Waals surface area (Å²) >= 11 is 0. The van der Waals surface area contributed by atoms with Crippen LogP contribution in [0.4, 0.5) is 0 Å². The van der Waals surface area contributed by atoms with E-state index in [0.717, 1.165) is 41.9 Å². The smallest absolute Gasteiger partial charge is 0.305 e. The number of fused-ring (bicyclic) bond motifs is 5. The van der Waals surface area contributed by atoms with Crippen molar-refractivity contribution < 1.29 is 9.53 Å². The van der Waals surface area contributed by atoms with Gasteiger partial charge in [-0.2, -0.15) is 0 Å². The molecule has 0 saturated heterocycles. The molecule has 0 N–H and O–H groups in total. The summed E-state index contributed by atoms with van der Waals surface area (Å²) in [7, 11) is 1.51. The number of ether oxygens (including phenoxy) is 1. The highest BCUT2D eigenvalue weighted by atomic mass is 16.5. The van der Waals surface area contributed by atoms with Crippen molar-refractivity contribution in [2.45, 2.75) is 90.4 Å². The van der Waals surface area contributed by atoms with Gasteiger partial charge in [0, 0.05) is 6.42 Å². The molecule has 0 amide bonds. The summed E-state index contributed by atoms with van der Waals surface area (Å²) in [5.41, 5.74) is 0.568. The summed E-state index contributed by atoms with van der Waals surface area (Å²) in [6.45, 7) is 2.62. The quantitative estimate of drug-likeness (QED) is 0.585. The minimum atomic E-state index is -0.0287. The van der Waals surface area contributed by atoms with Gasteiger partial charge in [-0.05, 0) is 98.7 Å². The first-order valence-corrected chi connectivity index (χ1v) is 11.2. The summed E-state index contributed by atoms with van der Waals surface area (Å²) in [6.07, 6.45) is 17.9. The summed E-state index contributed by atoms with van der Waals surface area (Å²) in [5.74, 6) is 6.06. The van der Waals surface area contributed by atoms with Crippen LogP contribution < -0.4 is 0 Å². The van der Waals surface area contributed by atoms with Gasteiger partial charge in [0.15, 0.2) is 0 Å². The lowest BCUT2D eigenvalue weighted by atomic mass is 9.49. The molecule has 0 spiro atoms. The zero-order chi connectivity index (χ0) is 17.4. The number of carbonyl (C=O) groups excluding carboxylic acids is 1. The molecule has 0 aliphatic heterocycles. The maximum absolute atomic E-state index is 11.4. The van der Waals surface area contributed by atoms with E-state index in [1.54, 1.807) is 0 Å². The van der Waals surface area contributed by atoms with E-state index in [9.17, 15) is 4.79 Å². The van der Waals surface area contributed by atoms with Crippen LogP contribution in [0.15, 0.2) is 0 Å². The molecule has 2 nitrogen and oxygen atoms in total. The lowest BCUT2D eigenvalue weighted by molar-refractivity contribution is -0.140. The van der Waals surface area contributed by atoms with Crippen molar-refractivity contribution in [1.82, 2.24) is 0 Å². The maximum atomic E-state index is 11.4. The average Bonchev–Trinajstić information content (AvgIpc) is 2.98. The molecule has 0 radical (unpaired) electrons. The fourth-order valence-corrected chi connectivity index (χ4v) is 8.01. The Morgan fingerprint density at radius 2 is 1.80 bits per heavy atom. The first kappa shape index (κ1) is 17.9. The Kier molecular flexibility index (Phi) is 5.17. The molecular formula is C23H38O2. The topological polar surface area (TPSA) is 26.3 Å². The summed E-state index contributed by atoms with van der Waals surface area (Å²) in [5, 5.41) is 0. The third-order valence-electron chi connectivity index (χ3n) is 9.24. The molecule has 0 aromatic heterocycles. The van der Waals surface area contributed by atoms with Crippen LogP contribution in [0.3, 0.4) is 0 Å². The monoisotopic (exact) mass is 346 g/mol. The molecule has 0 aromatic carbocycles. The summed E-state index contributed by atoms with van der Waals surface area (Å²) in [4.78, 5) is 11.4. The van der Waals surface area contributed by atoms with Crippen molar-refractivity contribution in [3.63, 3.8) is 0 Å². The zero-order valence-electron chi connectivity index (χ0n) is 16.5. The Labute approximate surface area is 154 Å². The Morgan fingerprint density at radius 3 is 2.64 bits per heavy atom. The van der Waals surface area contributed by atoms with E-state index in [-0.39, 0.29) is 5.97 Å². The second-order valence-electron chi connectivity index (χ2n) is 10.0. The van der Waals surface area contributed by atoms with Crippen LogP contribution in [0, 0.1) is 40.9 Å². The average molecular weight is 347 g/mol. The highest BCUT2D eigenvalue weighted by molar-refractivity contribution is 5.68.